The van der Waals surface area contributed by atoms with E-state index < -0.39 is 0 Å². The highest BCUT2D eigenvalue weighted by Gasteiger charge is 2.11. The smallest absolute Gasteiger partial charge is 0.220 e. The minimum Gasteiger partial charge on any atom is -0.494 e. The second-order valence-corrected chi connectivity index (χ2v) is 5.91. The Morgan fingerprint density at radius 3 is 2.61 bits per heavy atom. The Hall–Kier alpha value is -2.29. The number of hydrogen-bond acceptors (Lipinski definition) is 2. The van der Waals surface area contributed by atoms with Crippen LogP contribution in [0.3, 0.4) is 0 Å². The number of hydrogen-bond donors (Lipinski definition) is 1. The minimum absolute atomic E-state index is 0.0254. The van der Waals surface area contributed by atoms with Gasteiger partial charge in [0.05, 0.1) is 12.6 Å². The maximum Gasteiger partial charge on any atom is 0.220 e. The Morgan fingerprint density at radius 1 is 1.13 bits per heavy atom. The summed E-state index contributed by atoms with van der Waals surface area (Å²) in [5.74, 6) is 0.909. The molecule has 1 atom stereocenters. The van der Waals surface area contributed by atoms with Crippen molar-refractivity contribution in [3.63, 3.8) is 0 Å². The van der Waals surface area contributed by atoms with Gasteiger partial charge in [0, 0.05) is 6.42 Å². The van der Waals surface area contributed by atoms with Crippen molar-refractivity contribution in [2.45, 2.75) is 39.7 Å². The van der Waals surface area contributed by atoms with Crippen molar-refractivity contribution in [3.8, 4) is 5.75 Å². The third kappa shape index (κ3) is 5.44. The van der Waals surface area contributed by atoms with Crippen LogP contribution in [0.2, 0.25) is 0 Å². The van der Waals surface area contributed by atoms with Crippen molar-refractivity contribution in [1.29, 1.82) is 0 Å². The topological polar surface area (TPSA) is 38.3 Å². The van der Waals surface area contributed by atoms with E-state index in [1.807, 2.05) is 37.3 Å². The molecule has 0 aromatic heterocycles. The number of amides is 1. The maximum absolute atomic E-state index is 12.1. The monoisotopic (exact) mass is 311 g/mol. The van der Waals surface area contributed by atoms with Crippen molar-refractivity contribution < 1.29 is 9.53 Å². The average molecular weight is 311 g/mol. The van der Waals surface area contributed by atoms with E-state index in [-0.39, 0.29) is 11.9 Å². The van der Waals surface area contributed by atoms with Crippen molar-refractivity contribution in [1.82, 2.24) is 5.32 Å². The number of rotatable bonds is 7. The number of aryl methyl sites for hydroxylation is 2. The Kier molecular flexibility index (Phi) is 6.21. The SMILES string of the molecule is Cc1ccc(C)c([C@@H](C)NC(=O)CCCOc2ccccc2)c1. The second-order valence-electron chi connectivity index (χ2n) is 5.91. The van der Waals surface area contributed by atoms with E-state index in [2.05, 4.69) is 37.4 Å². The van der Waals surface area contributed by atoms with Gasteiger partial charge in [-0.2, -0.15) is 0 Å². The first-order valence-electron chi connectivity index (χ1n) is 8.10. The average Bonchev–Trinajstić information content (AvgIpc) is 2.54. The zero-order valence-electron chi connectivity index (χ0n) is 14.1. The molecule has 0 fully saturated rings. The van der Waals surface area contributed by atoms with Crippen LogP contribution in [-0.4, -0.2) is 12.5 Å². The summed E-state index contributed by atoms with van der Waals surface area (Å²) in [6.45, 7) is 6.72. The van der Waals surface area contributed by atoms with Gasteiger partial charge in [-0.15, -0.1) is 0 Å². The zero-order chi connectivity index (χ0) is 16.7. The van der Waals surface area contributed by atoms with Crippen LogP contribution in [0.4, 0.5) is 0 Å². The first-order chi connectivity index (χ1) is 11.1. The van der Waals surface area contributed by atoms with Crippen molar-refractivity contribution in [2.24, 2.45) is 0 Å². The van der Waals surface area contributed by atoms with Crippen molar-refractivity contribution in [2.75, 3.05) is 6.61 Å². The molecule has 0 spiro atoms. The molecule has 122 valence electrons. The fraction of sp³-hybridized carbons (Fsp3) is 0.350. The first-order valence-corrected chi connectivity index (χ1v) is 8.10. The van der Waals surface area contributed by atoms with Gasteiger partial charge >= 0.3 is 0 Å². The fourth-order valence-electron chi connectivity index (χ4n) is 2.56. The maximum atomic E-state index is 12.1. The zero-order valence-corrected chi connectivity index (χ0v) is 14.1. The van der Waals surface area contributed by atoms with Crippen LogP contribution >= 0.6 is 0 Å². The lowest BCUT2D eigenvalue weighted by molar-refractivity contribution is -0.121. The molecule has 3 heteroatoms. The highest BCUT2D eigenvalue weighted by molar-refractivity contribution is 5.76. The molecule has 1 N–H and O–H groups in total. The summed E-state index contributed by atoms with van der Waals surface area (Å²) in [7, 11) is 0. The molecule has 23 heavy (non-hydrogen) atoms. The molecular formula is C20H25NO2. The Morgan fingerprint density at radius 2 is 1.87 bits per heavy atom. The van der Waals surface area contributed by atoms with Crippen LogP contribution < -0.4 is 10.1 Å². The molecule has 2 aromatic carbocycles. The minimum atomic E-state index is 0.0254. The van der Waals surface area contributed by atoms with E-state index in [0.29, 0.717) is 19.4 Å². The van der Waals surface area contributed by atoms with Crippen LogP contribution in [-0.2, 0) is 4.79 Å². The van der Waals surface area contributed by atoms with E-state index in [1.54, 1.807) is 0 Å². The summed E-state index contributed by atoms with van der Waals surface area (Å²) in [6, 6.07) is 16.0. The quantitative estimate of drug-likeness (QED) is 0.772. The summed E-state index contributed by atoms with van der Waals surface area (Å²) in [5, 5.41) is 3.07. The van der Waals surface area contributed by atoms with Gasteiger partial charge in [-0.05, 0) is 50.5 Å². The van der Waals surface area contributed by atoms with Crippen molar-refractivity contribution >= 4 is 5.91 Å². The Labute approximate surface area is 138 Å². The van der Waals surface area contributed by atoms with Crippen molar-refractivity contribution in [3.05, 3.63) is 65.2 Å². The number of carbonyl (C=O) groups is 1. The number of carbonyl (C=O) groups excluding carboxylic acids is 1. The fourth-order valence-corrected chi connectivity index (χ4v) is 2.56. The summed E-state index contributed by atoms with van der Waals surface area (Å²) in [6.07, 6.45) is 1.18. The molecule has 0 aliphatic rings. The number of ether oxygens (including phenoxy) is 1. The summed E-state index contributed by atoms with van der Waals surface area (Å²) >= 11 is 0. The molecule has 0 aliphatic carbocycles. The van der Waals surface area contributed by atoms with Crippen LogP contribution in [0.25, 0.3) is 0 Å². The van der Waals surface area contributed by atoms with E-state index in [1.165, 1.54) is 16.7 Å². The molecule has 0 saturated carbocycles. The van der Waals surface area contributed by atoms with E-state index in [4.69, 9.17) is 4.74 Å². The van der Waals surface area contributed by atoms with Crippen LogP contribution in [0.1, 0.15) is 42.5 Å². The van der Waals surface area contributed by atoms with Gasteiger partial charge in [-0.3, -0.25) is 4.79 Å². The van der Waals surface area contributed by atoms with Gasteiger partial charge in [0.25, 0.3) is 0 Å². The first kappa shape index (κ1) is 17.1. The van der Waals surface area contributed by atoms with Crippen LogP contribution in [0.15, 0.2) is 48.5 Å². The van der Waals surface area contributed by atoms with Gasteiger partial charge in [0.1, 0.15) is 5.75 Å². The van der Waals surface area contributed by atoms with Gasteiger partial charge in [0.2, 0.25) is 5.91 Å². The molecular weight excluding hydrogens is 286 g/mol. The third-order valence-electron chi connectivity index (χ3n) is 3.84. The molecule has 0 aliphatic heterocycles. The molecule has 2 rings (SSSR count). The summed E-state index contributed by atoms with van der Waals surface area (Å²) in [5.41, 5.74) is 3.60. The second kappa shape index (κ2) is 8.37. The highest BCUT2D eigenvalue weighted by Crippen LogP contribution is 2.19. The molecule has 0 unspecified atom stereocenters. The number of benzene rings is 2. The van der Waals surface area contributed by atoms with Gasteiger partial charge in [0.15, 0.2) is 0 Å². The highest BCUT2D eigenvalue weighted by atomic mass is 16.5. The molecule has 1 amide bonds. The summed E-state index contributed by atoms with van der Waals surface area (Å²) in [4.78, 5) is 12.1. The molecule has 3 nitrogen and oxygen atoms in total. The molecule has 2 aromatic rings. The molecule has 0 heterocycles. The predicted molar refractivity (Wildman–Crippen MR) is 93.6 cm³/mol. The normalized spacial score (nSPS) is 11.8. The van der Waals surface area contributed by atoms with Crippen LogP contribution in [0.5, 0.6) is 5.75 Å². The molecule has 0 radical (unpaired) electrons. The summed E-state index contributed by atoms with van der Waals surface area (Å²) < 4.78 is 5.60. The van der Waals surface area contributed by atoms with E-state index in [0.717, 1.165) is 5.75 Å². The predicted octanol–water partition coefficient (Wildman–Crippen LogP) is 4.34. The van der Waals surface area contributed by atoms with E-state index >= 15 is 0 Å². The Bertz CT molecular complexity index is 637. The molecule has 0 saturated heterocycles. The van der Waals surface area contributed by atoms with E-state index in [9.17, 15) is 4.79 Å². The number of nitrogens with one attached hydrogen (secondary N) is 1. The number of para-hydroxylation sites is 1. The lowest BCUT2D eigenvalue weighted by Gasteiger charge is -2.17. The lowest BCUT2D eigenvalue weighted by Crippen LogP contribution is -2.27. The van der Waals surface area contributed by atoms with Gasteiger partial charge < -0.3 is 10.1 Å². The third-order valence-corrected chi connectivity index (χ3v) is 3.84. The standard InChI is InChI=1S/C20H25NO2/c1-15-11-12-16(2)19(14-15)17(3)21-20(22)10-7-13-23-18-8-5-4-6-9-18/h4-6,8-9,11-12,14,17H,7,10,13H2,1-3H3,(H,21,22)/t17-/m1/s1. The van der Waals surface area contributed by atoms with Crippen LogP contribution in [0, 0.1) is 13.8 Å². The molecule has 0 bridgehead atoms. The van der Waals surface area contributed by atoms with Gasteiger partial charge in [-0.1, -0.05) is 42.0 Å². The van der Waals surface area contributed by atoms with Gasteiger partial charge in [-0.25, -0.2) is 0 Å². The largest absolute Gasteiger partial charge is 0.494 e. The Balaban J connectivity index is 1.75. The lowest BCUT2D eigenvalue weighted by atomic mass is 10.00.